The Balaban J connectivity index is 1.83. The van der Waals surface area contributed by atoms with Gasteiger partial charge in [0.1, 0.15) is 23.8 Å². The minimum Gasteiger partial charge on any atom is -0.466 e. The SMILES string of the molecule is CCOC(=O)CCc1cc2c(cc1F)c(N(C)c1cccc(F)c1)nc1nncn12. The number of benzene rings is 2. The van der Waals surface area contributed by atoms with Crippen LogP contribution in [0.15, 0.2) is 42.7 Å². The molecule has 0 atom stereocenters. The number of nitrogens with zero attached hydrogens (tertiary/aromatic N) is 5. The summed E-state index contributed by atoms with van der Waals surface area (Å²) in [6.07, 6.45) is 1.76. The minimum atomic E-state index is -0.463. The van der Waals surface area contributed by atoms with Gasteiger partial charge < -0.3 is 9.64 Å². The van der Waals surface area contributed by atoms with Gasteiger partial charge in [-0.05, 0) is 49.2 Å². The van der Waals surface area contributed by atoms with Crippen molar-refractivity contribution in [2.45, 2.75) is 19.8 Å². The average molecular weight is 411 g/mol. The molecule has 2 aromatic carbocycles. The predicted molar refractivity (Wildman–Crippen MR) is 108 cm³/mol. The van der Waals surface area contributed by atoms with Crippen LogP contribution in [0, 0.1) is 11.6 Å². The zero-order valence-corrected chi connectivity index (χ0v) is 16.5. The lowest BCUT2D eigenvalue weighted by molar-refractivity contribution is -0.143. The lowest BCUT2D eigenvalue weighted by Crippen LogP contribution is -2.13. The van der Waals surface area contributed by atoms with E-state index in [9.17, 15) is 13.6 Å². The first-order chi connectivity index (χ1) is 14.5. The molecule has 2 aromatic heterocycles. The topological polar surface area (TPSA) is 72.6 Å². The molecule has 0 saturated heterocycles. The van der Waals surface area contributed by atoms with Crippen molar-refractivity contribution in [1.29, 1.82) is 0 Å². The number of hydrogen-bond donors (Lipinski definition) is 0. The molecule has 0 bridgehead atoms. The van der Waals surface area contributed by atoms with Crippen LogP contribution in [0.5, 0.6) is 0 Å². The Labute approximate surface area is 170 Å². The number of anilines is 2. The van der Waals surface area contributed by atoms with Crippen LogP contribution < -0.4 is 4.90 Å². The monoisotopic (exact) mass is 411 g/mol. The Bertz CT molecular complexity index is 1240. The molecule has 154 valence electrons. The summed E-state index contributed by atoms with van der Waals surface area (Å²) in [6, 6.07) is 9.06. The molecule has 7 nitrogen and oxygen atoms in total. The van der Waals surface area contributed by atoms with Gasteiger partial charge in [0.2, 0.25) is 0 Å². The highest BCUT2D eigenvalue weighted by Crippen LogP contribution is 2.32. The fourth-order valence-corrected chi connectivity index (χ4v) is 3.34. The normalized spacial score (nSPS) is 11.2. The van der Waals surface area contributed by atoms with Crippen LogP contribution >= 0.6 is 0 Å². The molecule has 9 heteroatoms. The highest BCUT2D eigenvalue weighted by molar-refractivity contribution is 5.93. The average Bonchev–Trinajstić information content (AvgIpc) is 3.20. The van der Waals surface area contributed by atoms with Gasteiger partial charge in [0, 0.05) is 24.5 Å². The van der Waals surface area contributed by atoms with Crippen LogP contribution in [0.25, 0.3) is 16.7 Å². The van der Waals surface area contributed by atoms with Gasteiger partial charge in [0.05, 0.1) is 12.1 Å². The third-order valence-electron chi connectivity index (χ3n) is 4.82. The van der Waals surface area contributed by atoms with Crippen LogP contribution in [-0.4, -0.2) is 39.2 Å². The van der Waals surface area contributed by atoms with Crippen molar-refractivity contribution in [3.63, 3.8) is 0 Å². The molecule has 0 N–H and O–H groups in total. The summed E-state index contributed by atoms with van der Waals surface area (Å²) in [5.41, 5.74) is 1.55. The van der Waals surface area contributed by atoms with E-state index in [2.05, 4.69) is 15.2 Å². The first-order valence-corrected chi connectivity index (χ1v) is 9.44. The smallest absolute Gasteiger partial charge is 0.306 e. The molecule has 4 aromatic rings. The molecule has 0 fully saturated rings. The number of carbonyl (C=O) groups excluding carboxylic acids is 1. The van der Waals surface area contributed by atoms with Gasteiger partial charge in [-0.3, -0.25) is 9.20 Å². The highest BCUT2D eigenvalue weighted by atomic mass is 19.1. The standard InChI is InChI=1S/C21H19F2N5O2/c1-3-30-19(29)8-7-13-9-18-16(11-17(13)23)20(25-21-26-24-12-28(18)21)27(2)15-6-4-5-14(22)10-15/h4-6,9-12H,3,7-8H2,1-2H3. The molecular weight excluding hydrogens is 392 g/mol. The molecule has 0 aliphatic rings. The Morgan fingerprint density at radius 1 is 1.23 bits per heavy atom. The fraction of sp³-hybridized carbons (Fsp3) is 0.238. The van der Waals surface area contributed by atoms with Crippen molar-refractivity contribution in [3.8, 4) is 0 Å². The molecule has 0 saturated carbocycles. The third-order valence-corrected chi connectivity index (χ3v) is 4.82. The predicted octanol–water partition coefficient (Wildman–Crippen LogP) is 3.82. The molecule has 0 amide bonds. The van der Waals surface area contributed by atoms with Crippen molar-refractivity contribution in [3.05, 3.63) is 59.9 Å². The molecule has 0 aliphatic heterocycles. The van der Waals surface area contributed by atoms with Gasteiger partial charge in [-0.25, -0.2) is 8.78 Å². The number of aromatic nitrogens is 4. The van der Waals surface area contributed by atoms with Gasteiger partial charge in [0.25, 0.3) is 5.78 Å². The summed E-state index contributed by atoms with van der Waals surface area (Å²) in [5.74, 6) is -0.502. The molecule has 0 unspecified atom stereocenters. The summed E-state index contributed by atoms with van der Waals surface area (Å²) in [6.45, 7) is 2.00. The lowest BCUT2D eigenvalue weighted by Gasteiger charge is -2.21. The lowest BCUT2D eigenvalue weighted by atomic mass is 10.1. The molecule has 0 spiro atoms. The number of aryl methyl sites for hydroxylation is 1. The number of esters is 1. The summed E-state index contributed by atoms with van der Waals surface area (Å²) >= 11 is 0. The van der Waals surface area contributed by atoms with Crippen LogP contribution in [0.2, 0.25) is 0 Å². The highest BCUT2D eigenvalue weighted by Gasteiger charge is 2.18. The van der Waals surface area contributed by atoms with Crippen molar-refractivity contribution < 1.29 is 18.3 Å². The second-order valence-corrected chi connectivity index (χ2v) is 6.74. The Kier molecular flexibility index (Phi) is 5.26. The van der Waals surface area contributed by atoms with E-state index in [4.69, 9.17) is 4.74 Å². The third kappa shape index (κ3) is 3.66. The molecule has 0 radical (unpaired) electrons. The first kappa shape index (κ1) is 19.7. The number of rotatable bonds is 6. The summed E-state index contributed by atoms with van der Waals surface area (Å²) in [4.78, 5) is 17.8. The second-order valence-electron chi connectivity index (χ2n) is 6.74. The van der Waals surface area contributed by atoms with E-state index >= 15 is 0 Å². The van der Waals surface area contributed by atoms with Crippen LogP contribution in [-0.2, 0) is 16.0 Å². The number of hydrogen-bond acceptors (Lipinski definition) is 6. The molecule has 30 heavy (non-hydrogen) atoms. The van der Waals surface area contributed by atoms with E-state index in [0.717, 1.165) is 0 Å². The number of ether oxygens (including phenoxy) is 1. The quantitative estimate of drug-likeness (QED) is 0.449. The Hall–Kier alpha value is -3.62. The van der Waals surface area contributed by atoms with Gasteiger partial charge in [-0.15, -0.1) is 10.2 Å². The number of carbonyl (C=O) groups is 1. The van der Waals surface area contributed by atoms with Crippen LogP contribution in [0.3, 0.4) is 0 Å². The van der Waals surface area contributed by atoms with E-state index in [-0.39, 0.29) is 31.2 Å². The molecule has 4 rings (SSSR count). The van der Waals surface area contributed by atoms with Crippen LogP contribution in [0.4, 0.5) is 20.3 Å². The number of fused-ring (bicyclic) bond motifs is 3. The molecule has 0 aliphatic carbocycles. The van der Waals surface area contributed by atoms with Crippen molar-refractivity contribution in [2.24, 2.45) is 0 Å². The number of halogens is 2. The zero-order valence-electron chi connectivity index (χ0n) is 16.5. The summed E-state index contributed by atoms with van der Waals surface area (Å²) < 4.78 is 35.2. The van der Waals surface area contributed by atoms with Gasteiger partial charge in [-0.1, -0.05) is 6.07 Å². The first-order valence-electron chi connectivity index (χ1n) is 9.44. The Morgan fingerprint density at radius 2 is 2.07 bits per heavy atom. The van der Waals surface area contributed by atoms with Crippen LogP contribution in [0.1, 0.15) is 18.9 Å². The largest absolute Gasteiger partial charge is 0.466 e. The van der Waals surface area contributed by atoms with E-state index in [1.54, 1.807) is 41.5 Å². The van der Waals surface area contributed by atoms with Gasteiger partial charge in [0.15, 0.2) is 0 Å². The van der Waals surface area contributed by atoms with E-state index < -0.39 is 5.82 Å². The minimum absolute atomic E-state index is 0.0721. The summed E-state index contributed by atoms with van der Waals surface area (Å²) in [7, 11) is 1.72. The van der Waals surface area contributed by atoms with E-state index in [0.29, 0.717) is 33.7 Å². The summed E-state index contributed by atoms with van der Waals surface area (Å²) in [5, 5.41) is 8.41. The van der Waals surface area contributed by atoms with Gasteiger partial charge in [-0.2, -0.15) is 4.98 Å². The van der Waals surface area contributed by atoms with E-state index in [1.165, 1.54) is 24.5 Å². The van der Waals surface area contributed by atoms with Crippen molar-refractivity contribution in [2.75, 3.05) is 18.6 Å². The maximum Gasteiger partial charge on any atom is 0.306 e. The zero-order chi connectivity index (χ0) is 21.3. The van der Waals surface area contributed by atoms with Crippen molar-refractivity contribution in [1.82, 2.24) is 19.6 Å². The fourth-order valence-electron chi connectivity index (χ4n) is 3.34. The maximum absolute atomic E-state index is 14.9. The maximum atomic E-state index is 14.9. The van der Waals surface area contributed by atoms with Crippen molar-refractivity contribution >= 4 is 34.2 Å². The van der Waals surface area contributed by atoms with E-state index in [1.807, 2.05) is 0 Å². The molecule has 2 heterocycles. The Morgan fingerprint density at radius 3 is 2.83 bits per heavy atom. The van der Waals surface area contributed by atoms with Gasteiger partial charge >= 0.3 is 5.97 Å². The molecular formula is C21H19F2N5O2. The second kappa shape index (κ2) is 8.02.